The minimum absolute atomic E-state index is 0.0496. The molecule has 148 valence electrons. The van der Waals surface area contributed by atoms with Gasteiger partial charge in [0.15, 0.2) is 5.78 Å². The highest BCUT2D eigenvalue weighted by Gasteiger charge is 2.48. The van der Waals surface area contributed by atoms with Crippen LogP contribution < -0.4 is 0 Å². The number of likely N-dealkylation sites (N-methyl/N-ethyl adjacent to an activating group) is 1. The van der Waals surface area contributed by atoms with Crippen molar-refractivity contribution in [2.45, 2.75) is 57.3 Å². The normalized spacial score (nSPS) is 29.6. The SMILES string of the molecule is CC1CN(CC(=O)N(C)C2(c3ccccc3Cl)CCCCC2=O)CC(C)O1. The van der Waals surface area contributed by atoms with Crippen LogP contribution >= 0.6 is 11.6 Å². The Kier molecular flexibility index (Phi) is 6.24. The smallest absolute Gasteiger partial charge is 0.237 e. The lowest BCUT2D eigenvalue weighted by Crippen LogP contribution is -2.57. The Morgan fingerprint density at radius 3 is 2.56 bits per heavy atom. The summed E-state index contributed by atoms with van der Waals surface area (Å²) in [5.74, 6) is 0.0351. The molecule has 1 aromatic carbocycles. The number of carbonyl (C=O) groups excluding carboxylic acids is 2. The van der Waals surface area contributed by atoms with Crippen molar-refractivity contribution in [3.8, 4) is 0 Å². The maximum absolute atomic E-state index is 13.2. The number of ketones is 1. The second-order valence-electron chi connectivity index (χ2n) is 7.87. The summed E-state index contributed by atoms with van der Waals surface area (Å²) in [6.07, 6.45) is 3.06. The van der Waals surface area contributed by atoms with E-state index in [-0.39, 0.29) is 30.4 Å². The van der Waals surface area contributed by atoms with Crippen molar-refractivity contribution < 1.29 is 14.3 Å². The molecule has 3 atom stereocenters. The number of benzene rings is 1. The molecule has 0 spiro atoms. The number of hydrogen-bond donors (Lipinski definition) is 0. The van der Waals surface area contributed by atoms with Crippen LogP contribution in [-0.2, 0) is 19.9 Å². The number of nitrogens with zero attached hydrogens (tertiary/aromatic N) is 2. The first kappa shape index (κ1) is 20.3. The quantitative estimate of drug-likeness (QED) is 0.789. The lowest BCUT2D eigenvalue weighted by molar-refractivity contribution is -0.150. The molecule has 1 heterocycles. The van der Waals surface area contributed by atoms with E-state index >= 15 is 0 Å². The summed E-state index contributed by atoms with van der Waals surface area (Å²) in [6.45, 7) is 5.77. The van der Waals surface area contributed by atoms with Gasteiger partial charge >= 0.3 is 0 Å². The number of Topliss-reactive ketones (excluding diaryl/α,β-unsaturated/α-hetero) is 1. The van der Waals surface area contributed by atoms with Gasteiger partial charge in [0.2, 0.25) is 5.91 Å². The zero-order valence-electron chi connectivity index (χ0n) is 16.4. The predicted molar refractivity (Wildman–Crippen MR) is 106 cm³/mol. The Morgan fingerprint density at radius 1 is 1.26 bits per heavy atom. The van der Waals surface area contributed by atoms with E-state index in [1.165, 1.54) is 0 Å². The van der Waals surface area contributed by atoms with Crippen molar-refractivity contribution in [1.29, 1.82) is 0 Å². The summed E-state index contributed by atoms with van der Waals surface area (Å²) in [5, 5.41) is 0.543. The van der Waals surface area contributed by atoms with Crippen LogP contribution in [0.4, 0.5) is 0 Å². The largest absolute Gasteiger partial charge is 0.373 e. The number of carbonyl (C=O) groups is 2. The predicted octanol–water partition coefficient (Wildman–Crippen LogP) is 3.25. The highest BCUT2D eigenvalue weighted by atomic mass is 35.5. The minimum Gasteiger partial charge on any atom is -0.373 e. The van der Waals surface area contributed by atoms with Crippen molar-refractivity contribution in [1.82, 2.24) is 9.80 Å². The first-order chi connectivity index (χ1) is 12.8. The van der Waals surface area contributed by atoms with Gasteiger partial charge in [0, 0.05) is 37.1 Å². The zero-order valence-corrected chi connectivity index (χ0v) is 17.2. The average Bonchev–Trinajstić information content (AvgIpc) is 2.61. The van der Waals surface area contributed by atoms with Crippen LogP contribution in [0.1, 0.15) is 45.1 Å². The maximum atomic E-state index is 13.2. The molecule has 0 radical (unpaired) electrons. The number of ether oxygens (including phenoxy) is 1. The molecule has 6 heteroatoms. The van der Waals surface area contributed by atoms with Gasteiger partial charge in [-0.3, -0.25) is 14.5 Å². The van der Waals surface area contributed by atoms with Gasteiger partial charge in [0.25, 0.3) is 0 Å². The highest BCUT2D eigenvalue weighted by molar-refractivity contribution is 6.31. The number of morpholine rings is 1. The van der Waals surface area contributed by atoms with E-state index in [0.29, 0.717) is 17.9 Å². The molecule has 1 aromatic rings. The van der Waals surface area contributed by atoms with Crippen molar-refractivity contribution in [3.63, 3.8) is 0 Å². The van der Waals surface area contributed by atoms with Crippen LogP contribution in [0, 0.1) is 0 Å². The fraction of sp³-hybridized carbons (Fsp3) is 0.619. The van der Waals surface area contributed by atoms with Gasteiger partial charge < -0.3 is 9.64 Å². The van der Waals surface area contributed by atoms with Crippen molar-refractivity contribution in [2.24, 2.45) is 0 Å². The van der Waals surface area contributed by atoms with Gasteiger partial charge in [-0.25, -0.2) is 0 Å². The molecule has 2 fully saturated rings. The lowest BCUT2D eigenvalue weighted by atomic mass is 9.74. The Morgan fingerprint density at radius 2 is 1.93 bits per heavy atom. The summed E-state index contributed by atoms with van der Waals surface area (Å²) in [6, 6.07) is 7.41. The first-order valence-corrected chi connectivity index (χ1v) is 10.1. The van der Waals surface area contributed by atoms with Gasteiger partial charge in [-0.1, -0.05) is 29.8 Å². The van der Waals surface area contributed by atoms with Crippen LogP contribution in [0.2, 0.25) is 5.02 Å². The molecule has 1 saturated carbocycles. The molecular formula is C21H29ClN2O3. The molecule has 0 bridgehead atoms. The van der Waals surface area contributed by atoms with Crippen molar-refractivity contribution in [3.05, 3.63) is 34.9 Å². The second kappa shape index (κ2) is 8.29. The third-order valence-electron chi connectivity index (χ3n) is 5.77. The number of halogens is 1. The molecular weight excluding hydrogens is 364 g/mol. The molecule has 27 heavy (non-hydrogen) atoms. The van der Waals surface area contributed by atoms with E-state index in [4.69, 9.17) is 16.3 Å². The van der Waals surface area contributed by atoms with Gasteiger partial charge in [-0.2, -0.15) is 0 Å². The molecule has 3 rings (SSSR count). The average molecular weight is 393 g/mol. The van der Waals surface area contributed by atoms with Gasteiger partial charge in [-0.15, -0.1) is 0 Å². The van der Waals surface area contributed by atoms with E-state index in [1.54, 1.807) is 18.0 Å². The Balaban J connectivity index is 1.87. The topological polar surface area (TPSA) is 49.9 Å². The second-order valence-corrected chi connectivity index (χ2v) is 8.28. The van der Waals surface area contributed by atoms with E-state index in [9.17, 15) is 9.59 Å². The van der Waals surface area contributed by atoms with E-state index in [0.717, 1.165) is 31.5 Å². The highest BCUT2D eigenvalue weighted by Crippen LogP contribution is 2.42. The summed E-state index contributed by atoms with van der Waals surface area (Å²) in [7, 11) is 1.75. The van der Waals surface area contributed by atoms with E-state index in [1.807, 2.05) is 32.0 Å². The van der Waals surface area contributed by atoms with E-state index < -0.39 is 5.54 Å². The summed E-state index contributed by atoms with van der Waals surface area (Å²) in [5.41, 5.74) is -0.215. The van der Waals surface area contributed by atoms with Crippen LogP contribution in [0.5, 0.6) is 0 Å². The molecule has 1 saturated heterocycles. The molecule has 5 nitrogen and oxygen atoms in total. The maximum Gasteiger partial charge on any atom is 0.237 e. The molecule has 3 unspecified atom stereocenters. The molecule has 1 aliphatic heterocycles. The summed E-state index contributed by atoms with van der Waals surface area (Å²) < 4.78 is 5.76. The summed E-state index contributed by atoms with van der Waals surface area (Å²) >= 11 is 6.47. The standard InChI is InChI=1S/C21H29ClN2O3/c1-15-12-24(13-16(2)27-15)14-20(26)23(3)21(11-7-6-10-19(21)25)17-8-4-5-9-18(17)22/h4-5,8-9,15-16H,6-7,10-14H2,1-3H3. The van der Waals surface area contributed by atoms with Gasteiger partial charge in [-0.05, 0) is 39.2 Å². The lowest BCUT2D eigenvalue weighted by Gasteiger charge is -2.45. The van der Waals surface area contributed by atoms with Gasteiger partial charge in [0.05, 0.1) is 18.8 Å². The Labute approximate surface area is 166 Å². The first-order valence-electron chi connectivity index (χ1n) is 9.77. The van der Waals surface area contributed by atoms with Crippen molar-refractivity contribution >= 4 is 23.3 Å². The molecule has 1 aliphatic carbocycles. The fourth-order valence-electron chi connectivity index (χ4n) is 4.55. The number of hydrogen-bond acceptors (Lipinski definition) is 4. The molecule has 1 amide bonds. The molecule has 2 aliphatic rings. The third-order valence-corrected chi connectivity index (χ3v) is 6.10. The minimum atomic E-state index is -0.961. The molecule has 0 N–H and O–H groups in total. The van der Waals surface area contributed by atoms with Gasteiger partial charge in [0.1, 0.15) is 5.54 Å². The van der Waals surface area contributed by atoms with Crippen LogP contribution in [0.15, 0.2) is 24.3 Å². The van der Waals surface area contributed by atoms with Crippen LogP contribution in [0.3, 0.4) is 0 Å². The van der Waals surface area contributed by atoms with E-state index in [2.05, 4.69) is 4.90 Å². The number of amides is 1. The Hall–Kier alpha value is -1.43. The fourth-order valence-corrected chi connectivity index (χ4v) is 4.85. The summed E-state index contributed by atoms with van der Waals surface area (Å²) in [4.78, 5) is 30.1. The molecule has 0 aromatic heterocycles. The van der Waals surface area contributed by atoms with Crippen molar-refractivity contribution in [2.75, 3.05) is 26.7 Å². The zero-order chi connectivity index (χ0) is 19.6. The van der Waals surface area contributed by atoms with Crippen LogP contribution in [0.25, 0.3) is 0 Å². The Bertz CT molecular complexity index is 700. The van der Waals surface area contributed by atoms with Crippen LogP contribution in [-0.4, -0.2) is 60.4 Å². The monoisotopic (exact) mass is 392 g/mol. The number of rotatable bonds is 4. The third kappa shape index (κ3) is 4.05.